The van der Waals surface area contributed by atoms with Crippen molar-refractivity contribution in [2.45, 2.75) is 26.4 Å². The van der Waals surface area contributed by atoms with Crippen LogP contribution in [0.1, 0.15) is 19.4 Å². The van der Waals surface area contributed by atoms with Gasteiger partial charge in [0.2, 0.25) is 0 Å². The van der Waals surface area contributed by atoms with Crippen molar-refractivity contribution in [3.63, 3.8) is 0 Å². The molecule has 1 atom stereocenters. The molecule has 1 aromatic carbocycles. The molecule has 0 aromatic heterocycles. The Morgan fingerprint density at radius 3 is 2.65 bits per heavy atom. The number of halogens is 2. The third kappa shape index (κ3) is 4.30. The van der Waals surface area contributed by atoms with E-state index >= 15 is 0 Å². The highest BCUT2D eigenvalue weighted by atomic mass is 79.9. The molecule has 0 bridgehead atoms. The molecule has 0 spiro atoms. The lowest BCUT2D eigenvalue weighted by Crippen LogP contribution is -2.40. The van der Waals surface area contributed by atoms with Crippen LogP contribution in [0.3, 0.4) is 0 Å². The zero-order valence-corrected chi connectivity index (χ0v) is 12.0. The maximum atomic E-state index is 11.0. The zero-order valence-electron chi connectivity index (χ0n) is 9.71. The van der Waals surface area contributed by atoms with E-state index in [1.165, 1.54) is 0 Å². The molecule has 0 heterocycles. The molecule has 0 aliphatic rings. The molecule has 0 fully saturated rings. The molecular formula is C12H15BrClNO2. The van der Waals surface area contributed by atoms with Crippen molar-refractivity contribution in [3.8, 4) is 0 Å². The first-order valence-electron chi connectivity index (χ1n) is 5.32. The first-order valence-corrected chi connectivity index (χ1v) is 6.49. The molecule has 3 nitrogen and oxygen atoms in total. The number of benzene rings is 1. The standard InChI is InChI=1S/C12H15BrClNO2/c1-7(2)11(12(16)17)15-6-8-3-4-9(13)5-10(8)14/h3-5,7,11,15H,6H2,1-2H3,(H,16,17)/t11-/m0/s1. The lowest BCUT2D eigenvalue weighted by Gasteiger charge is -2.18. The van der Waals surface area contributed by atoms with Crippen molar-refractivity contribution < 1.29 is 9.90 Å². The van der Waals surface area contributed by atoms with Gasteiger partial charge >= 0.3 is 5.97 Å². The van der Waals surface area contributed by atoms with Crippen LogP contribution in [-0.2, 0) is 11.3 Å². The number of hydrogen-bond donors (Lipinski definition) is 2. The maximum absolute atomic E-state index is 11.0. The molecular weight excluding hydrogens is 305 g/mol. The number of nitrogens with one attached hydrogen (secondary N) is 1. The predicted molar refractivity (Wildman–Crippen MR) is 72.3 cm³/mol. The summed E-state index contributed by atoms with van der Waals surface area (Å²) in [6.45, 7) is 4.19. The maximum Gasteiger partial charge on any atom is 0.320 e. The van der Waals surface area contributed by atoms with Crippen LogP contribution in [0, 0.1) is 5.92 Å². The van der Waals surface area contributed by atoms with Gasteiger partial charge in [0.15, 0.2) is 0 Å². The average molecular weight is 321 g/mol. The molecule has 0 radical (unpaired) electrons. The normalized spacial score (nSPS) is 12.8. The minimum atomic E-state index is -0.840. The molecule has 17 heavy (non-hydrogen) atoms. The number of aliphatic carboxylic acids is 1. The van der Waals surface area contributed by atoms with Gasteiger partial charge in [-0.2, -0.15) is 0 Å². The minimum Gasteiger partial charge on any atom is -0.480 e. The van der Waals surface area contributed by atoms with E-state index in [1.807, 2.05) is 26.0 Å². The predicted octanol–water partition coefficient (Wildman–Crippen LogP) is 3.30. The number of carboxylic acids is 1. The summed E-state index contributed by atoms with van der Waals surface area (Å²) < 4.78 is 0.907. The van der Waals surface area contributed by atoms with E-state index in [4.69, 9.17) is 16.7 Å². The molecule has 5 heteroatoms. The number of hydrogen-bond acceptors (Lipinski definition) is 2. The highest BCUT2D eigenvalue weighted by molar-refractivity contribution is 9.10. The fraction of sp³-hybridized carbons (Fsp3) is 0.417. The van der Waals surface area contributed by atoms with Gasteiger partial charge in [-0.1, -0.05) is 47.4 Å². The first-order chi connectivity index (χ1) is 7.91. The van der Waals surface area contributed by atoms with Crippen LogP contribution >= 0.6 is 27.5 Å². The summed E-state index contributed by atoms with van der Waals surface area (Å²) in [7, 11) is 0. The summed E-state index contributed by atoms with van der Waals surface area (Å²) in [4.78, 5) is 11.0. The summed E-state index contributed by atoms with van der Waals surface area (Å²) in [5, 5.41) is 12.7. The second kappa shape index (κ2) is 6.38. The van der Waals surface area contributed by atoms with Gasteiger partial charge in [0.1, 0.15) is 6.04 Å². The van der Waals surface area contributed by atoms with E-state index in [0.717, 1.165) is 10.0 Å². The summed E-state index contributed by atoms with van der Waals surface area (Å²) >= 11 is 9.38. The zero-order chi connectivity index (χ0) is 13.0. The first kappa shape index (κ1) is 14.5. The number of rotatable bonds is 5. The third-order valence-electron chi connectivity index (χ3n) is 2.46. The van der Waals surface area contributed by atoms with Crippen LogP contribution in [0.5, 0.6) is 0 Å². The Balaban J connectivity index is 2.69. The molecule has 0 saturated carbocycles. The van der Waals surface area contributed by atoms with E-state index in [1.54, 1.807) is 6.07 Å². The van der Waals surface area contributed by atoms with Crippen molar-refractivity contribution in [1.82, 2.24) is 5.32 Å². The van der Waals surface area contributed by atoms with Crippen LogP contribution in [-0.4, -0.2) is 17.1 Å². The lowest BCUT2D eigenvalue weighted by atomic mass is 10.0. The van der Waals surface area contributed by atoms with Crippen LogP contribution in [0.15, 0.2) is 22.7 Å². The second-order valence-electron chi connectivity index (χ2n) is 4.18. The topological polar surface area (TPSA) is 49.3 Å². The van der Waals surface area contributed by atoms with Gasteiger partial charge in [-0.3, -0.25) is 4.79 Å². The molecule has 1 rings (SSSR count). The van der Waals surface area contributed by atoms with Crippen LogP contribution in [0.2, 0.25) is 5.02 Å². The Morgan fingerprint density at radius 1 is 1.53 bits per heavy atom. The van der Waals surface area contributed by atoms with Crippen molar-refractivity contribution in [2.24, 2.45) is 5.92 Å². The minimum absolute atomic E-state index is 0.0294. The Labute approximate surface area is 114 Å². The second-order valence-corrected chi connectivity index (χ2v) is 5.50. The third-order valence-corrected chi connectivity index (χ3v) is 3.31. The summed E-state index contributed by atoms with van der Waals surface area (Å²) in [6.07, 6.45) is 0. The van der Waals surface area contributed by atoms with Gasteiger partial charge < -0.3 is 10.4 Å². The molecule has 2 N–H and O–H groups in total. The summed E-state index contributed by atoms with van der Waals surface area (Å²) in [5.41, 5.74) is 0.891. The molecule has 0 saturated heterocycles. The van der Waals surface area contributed by atoms with Crippen molar-refractivity contribution in [1.29, 1.82) is 0 Å². The van der Waals surface area contributed by atoms with Crippen LogP contribution < -0.4 is 5.32 Å². The molecule has 0 amide bonds. The smallest absolute Gasteiger partial charge is 0.320 e. The van der Waals surface area contributed by atoms with Crippen molar-refractivity contribution in [2.75, 3.05) is 0 Å². The van der Waals surface area contributed by atoms with E-state index in [-0.39, 0.29) is 5.92 Å². The molecule has 1 aromatic rings. The Bertz CT molecular complexity index is 409. The monoisotopic (exact) mass is 319 g/mol. The number of carbonyl (C=O) groups is 1. The van der Waals surface area contributed by atoms with Gasteiger partial charge in [0.05, 0.1) is 0 Å². The van der Waals surface area contributed by atoms with Gasteiger partial charge in [-0.05, 0) is 23.6 Å². The Morgan fingerprint density at radius 2 is 2.18 bits per heavy atom. The fourth-order valence-electron chi connectivity index (χ4n) is 1.49. The molecule has 0 aliphatic carbocycles. The van der Waals surface area contributed by atoms with Gasteiger partial charge in [-0.25, -0.2) is 0 Å². The molecule has 0 aliphatic heterocycles. The number of carboxylic acid groups (broad SMARTS) is 1. The van der Waals surface area contributed by atoms with Crippen molar-refractivity contribution in [3.05, 3.63) is 33.3 Å². The highest BCUT2D eigenvalue weighted by Crippen LogP contribution is 2.21. The van der Waals surface area contributed by atoms with Crippen LogP contribution in [0.25, 0.3) is 0 Å². The van der Waals surface area contributed by atoms with Gasteiger partial charge in [0.25, 0.3) is 0 Å². The largest absolute Gasteiger partial charge is 0.480 e. The summed E-state index contributed by atoms with van der Waals surface area (Å²) in [6, 6.07) is 4.99. The Kier molecular flexibility index (Phi) is 5.43. The molecule has 0 unspecified atom stereocenters. The van der Waals surface area contributed by atoms with E-state index < -0.39 is 12.0 Å². The van der Waals surface area contributed by atoms with Gasteiger partial charge in [-0.15, -0.1) is 0 Å². The summed E-state index contributed by atoms with van der Waals surface area (Å²) in [5.74, 6) is -0.810. The van der Waals surface area contributed by atoms with Crippen LogP contribution in [0.4, 0.5) is 0 Å². The van der Waals surface area contributed by atoms with E-state index in [0.29, 0.717) is 11.6 Å². The van der Waals surface area contributed by atoms with E-state index in [2.05, 4.69) is 21.2 Å². The Hall–Kier alpha value is -0.580. The SMILES string of the molecule is CC(C)[C@H](NCc1ccc(Br)cc1Cl)C(=O)O. The molecule has 94 valence electrons. The fourth-order valence-corrected chi connectivity index (χ4v) is 2.23. The quantitative estimate of drug-likeness (QED) is 0.875. The highest BCUT2D eigenvalue weighted by Gasteiger charge is 2.20. The van der Waals surface area contributed by atoms with Crippen molar-refractivity contribution >= 4 is 33.5 Å². The van der Waals surface area contributed by atoms with Gasteiger partial charge in [0, 0.05) is 16.0 Å². The lowest BCUT2D eigenvalue weighted by molar-refractivity contribution is -0.140. The van der Waals surface area contributed by atoms with E-state index in [9.17, 15) is 4.79 Å². The average Bonchev–Trinajstić information content (AvgIpc) is 2.20.